The summed E-state index contributed by atoms with van der Waals surface area (Å²) in [6, 6.07) is 23.0. The molecule has 0 fully saturated rings. The first-order valence-corrected chi connectivity index (χ1v) is 11.1. The molecule has 0 saturated heterocycles. The highest BCUT2D eigenvalue weighted by molar-refractivity contribution is 7.92. The van der Waals surface area contributed by atoms with Gasteiger partial charge in [0.1, 0.15) is 0 Å². The molecular formula is C24H25NO2S. The van der Waals surface area contributed by atoms with Crippen LogP contribution in [0.25, 0.3) is 0 Å². The van der Waals surface area contributed by atoms with Crippen molar-refractivity contribution >= 4 is 15.7 Å². The molecule has 0 radical (unpaired) electrons. The summed E-state index contributed by atoms with van der Waals surface area (Å²) in [5, 5.41) is 0. The lowest BCUT2D eigenvalue weighted by Gasteiger charge is -2.40. The van der Waals surface area contributed by atoms with Crippen molar-refractivity contribution in [2.45, 2.75) is 44.0 Å². The number of para-hydroxylation sites is 1. The normalized spacial score (nSPS) is 19.3. The zero-order valence-corrected chi connectivity index (χ0v) is 17.3. The first-order chi connectivity index (χ1) is 13.4. The molecule has 3 aromatic carbocycles. The maximum absolute atomic E-state index is 13.7. The fourth-order valence-corrected chi connectivity index (χ4v) is 5.69. The summed E-state index contributed by atoms with van der Waals surface area (Å²) in [6.45, 7) is 6.18. The van der Waals surface area contributed by atoms with E-state index >= 15 is 0 Å². The van der Waals surface area contributed by atoms with Gasteiger partial charge in [0, 0.05) is 0 Å². The lowest BCUT2D eigenvalue weighted by molar-refractivity contribution is 0.523. The molecule has 1 aliphatic rings. The molecule has 1 heterocycles. The van der Waals surface area contributed by atoms with Crippen LogP contribution in [-0.4, -0.2) is 8.42 Å². The lowest BCUT2D eigenvalue weighted by atomic mass is 9.85. The van der Waals surface area contributed by atoms with E-state index < -0.39 is 10.0 Å². The summed E-state index contributed by atoms with van der Waals surface area (Å²) in [5.41, 5.74) is 5.11. The van der Waals surface area contributed by atoms with Crippen LogP contribution in [0.3, 0.4) is 0 Å². The van der Waals surface area contributed by atoms with Crippen LogP contribution in [0, 0.1) is 13.8 Å². The van der Waals surface area contributed by atoms with E-state index in [0.29, 0.717) is 4.90 Å². The number of benzene rings is 3. The third kappa shape index (κ3) is 3.22. The minimum Gasteiger partial charge on any atom is -0.259 e. The Bertz CT molecular complexity index is 1090. The molecule has 0 aliphatic carbocycles. The molecule has 0 N–H and O–H groups in total. The zero-order valence-electron chi connectivity index (χ0n) is 16.5. The van der Waals surface area contributed by atoms with Crippen LogP contribution in [0.4, 0.5) is 5.69 Å². The summed E-state index contributed by atoms with van der Waals surface area (Å²) in [6.07, 6.45) is 0.755. The molecule has 2 atom stereocenters. The number of hydrogen-bond acceptors (Lipinski definition) is 2. The Morgan fingerprint density at radius 1 is 0.821 bits per heavy atom. The highest BCUT2D eigenvalue weighted by Gasteiger charge is 2.39. The number of aryl methyl sites for hydroxylation is 2. The van der Waals surface area contributed by atoms with Gasteiger partial charge in [-0.15, -0.1) is 0 Å². The molecule has 1 aliphatic heterocycles. The van der Waals surface area contributed by atoms with Crippen LogP contribution in [0.15, 0.2) is 77.7 Å². The largest absolute Gasteiger partial charge is 0.264 e. The predicted octanol–water partition coefficient (Wildman–Crippen LogP) is 5.75. The van der Waals surface area contributed by atoms with Crippen molar-refractivity contribution in [3.8, 4) is 0 Å². The van der Waals surface area contributed by atoms with Gasteiger partial charge in [-0.25, -0.2) is 8.42 Å². The number of sulfonamides is 1. The van der Waals surface area contributed by atoms with Gasteiger partial charge >= 0.3 is 0 Å². The van der Waals surface area contributed by atoms with Crippen LogP contribution in [0.1, 0.15) is 47.6 Å². The Labute approximate surface area is 167 Å². The van der Waals surface area contributed by atoms with Gasteiger partial charge in [0.2, 0.25) is 0 Å². The first kappa shape index (κ1) is 18.8. The van der Waals surface area contributed by atoms with Gasteiger partial charge in [-0.3, -0.25) is 4.31 Å². The second-order valence-electron chi connectivity index (χ2n) is 7.74. The number of anilines is 1. The van der Waals surface area contributed by atoms with E-state index in [1.54, 1.807) is 16.4 Å². The van der Waals surface area contributed by atoms with Gasteiger partial charge in [0.15, 0.2) is 0 Å². The van der Waals surface area contributed by atoms with Crippen LogP contribution >= 0.6 is 0 Å². The Kier molecular flexibility index (Phi) is 4.76. The molecule has 0 bridgehead atoms. The zero-order chi connectivity index (χ0) is 19.9. The predicted molar refractivity (Wildman–Crippen MR) is 114 cm³/mol. The molecule has 0 spiro atoms. The molecule has 0 amide bonds. The molecule has 3 nitrogen and oxygen atoms in total. The Morgan fingerprint density at radius 2 is 1.39 bits per heavy atom. The second-order valence-corrected chi connectivity index (χ2v) is 9.55. The number of fused-ring (bicyclic) bond motifs is 1. The fourth-order valence-electron chi connectivity index (χ4n) is 4.01. The van der Waals surface area contributed by atoms with Gasteiger partial charge in [-0.1, -0.05) is 72.6 Å². The Balaban J connectivity index is 1.91. The maximum Gasteiger partial charge on any atom is 0.264 e. The fraction of sp³-hybridized carbons (Fsp3) is 0.250. The monoisotopic (exact) mass is 391 g/mol. The number of rotatable bonds is 3. The van der Waals surface area contributed by atoms with Gasteiger partial charge in [-0.05, 0) is 55.5 Å². The molecule has 144 valence electrons. The average Bonchev–Trinajstić information content (AvgIpc) is 2.68. The van der Waals surface area contributed by atoms with Crippen molar-refractivity contribution < 1.29 is 8.42 Å². The van der Waals surface area contributed by atoms with Crippen LogP contribution in [0.2, 0.25) is 0 Å². The highest BCUT2D eigenvalue weighted by Crippen LogP contribution is 2.47. The second kappa shape index (κ2) is 7.10. The first-order valence-electron chi connectivity index (χ1n) is 9.64. The molecule has 0 unspecified atom stereocenters. The summed E-state index contributed by atoms with van der Waals surface area (Å²) in [7, 11) is -3.69. The third-order valence-electron chi connectivity index (χ3n) is 5.60. The Hall–Kier alpha value is -2.59. The topological polar surface area (TPSA) is 37.4 Å². The molecule has 0 saturated carbocycles. The summed E-state index contributed by atoms with van der Waals surface area (Å²) >= 11 is 0. The van der Waals surface area contributed by atoms with Crippen molar-refractivity contribution in [3.63, 3.8) is 0 Å². The van der Waals surface area contributed by atoms with E-state index in [2.05, 4.69) is 31.2 Å². The van der Waals surface area contributed by atoms with Crippen LogP contribution in [-0.2, 0) is 10.0 Å². The molecule has 28 heavy (non-hydrogen) atoms. The average molecular weight is 392 g/mol. The summed E-state index contributed by atoms with van der Waals surface area (Å²) < 4.78 is 29.1. The van der Waals surface area contributed by atoms with E-state index in [1.165, 1.54) is 5.56 Å². The standard InChI is InChI=1S/C24H25NO2S/c1-17-8-12-20(13-9-17)24-16-19(3)22-6-4-5-7-23(22)25(24)28(26,27)21-14-10-18(2)11-15-21/h4-15,19,24H,16H2,1-3H3/t19-,24-/m0/s1. The number of nitrogens with zero attached hydrogens (tertiary/aromatic N) is 1. The van der Waals surface area contributed by atoms with E-state index in [0.717, 1.165) is 28.8 Å². The maximum atomic E-state index is 13.7. The van der Waals surface area contributed by atoms with E-state index in [9.17, 15) is 8.42 Å². The quantitative estimate of drug-likeness (QED) is 0.570. The van der Waals surface area contributed by atoms with Crippen LogP contribution in [0.5, 0.6) is 0 Å². The smallest absolute Gasteiger partial charge is 0.259 e. The van der Waals surface area contributed by atoms with Crippen molar-refractivity contribution in [2.24, 2.45) is 0 Å². The van der Waals surface area contributed by atoms with Gasteiger partial charge < -0.3 is 0 Å². The van der Waals surface area contributed by atoms with Crippen molar-refractivity contribution in [3.05, 3.63) is 95.1 Å². The highest BCUT2D eigenvalue weighted by atomic mass is 32.2. The van der Waals surface area contributed by atoms with E-state index in [4.69, 9.17) is 0 Å². The minimum atomic E-state index is -3.69. The number of hydrogen-bond donors (Lipinski definition) is 0. The van der Waals surface area contributed by atoms with Gasteiger partial charge in [-0.2, -0.15) is 0 Å². The third-order valence-corrected chi connectivity index (χ3v) is 7.44. The molecular weight excluding hydrogens is 366 g/mol. The Morgan fingerprint density at radius 3 is 2.04 bits per heavy atom. The van der Waals surface area contributed by atoms with Crippen molar-refractivity contribution in [1.82, 2.24) is 0 Å². The molecule has 3 aromatic rings. The molecule has 4 heteroatoms. The van der Waals surface area contributed by atoms with Crippen molar-refractivity contribution in [1.29, 1.82) is 0 Å². The molecule has 4 rings (SSSR count). The van der Waals surface area contributed by atoms with E-state index in [-0.39, 0.29) is 12.0 Å². The molecule has 0 aromatic heterocycles. The minimum absolute atomic E-state index is 0.225. The van der Waals surface area contributed by atoms with Crippen LogP contribution < -0.4 is 4.31 Å². The van der Waals surface area contributed by atoms with Gasteiger partial charge in [0.05, 0.1) is 16.6 Å². The SMILES string of the molecule is Cc1ccc([C@@H]2C[C@H](C)c3ccccc3N2S(=O)(=O)c2ccc(C)cc2)cc1. The van der Waals surface area contributed by atoms with Crippen molar-refractivity contribution in [2.75, 3.05) is 4.31 Å². The summed E-state index contributed by atoms with van der Waals surface area (Å²) in [5.74, 6) is 0.284. The van der Waals surface area contributed by atoms with Gasteiger partial charge in [0.25, 0.3) is 10.0 Å². The summed E-state index contributed by atoms with van der Waals surface area (Å²) in [4.78, 5) is 0.333. The lowest BCUT2D eigenvalue weighted by Crippen LogP contribution is -2.39. The van der Waals surface area contributed by atoms with E-state index in [1.807, 2.05) is 50.2 Å².